The lowest BCUT2D eigenvalue weighted by molar-refractivity contribution is -0.123. The van der Waals surface area contributed by atoms with Crippen LogP contribution in [0.2, 0.25) is 0 Å². The molecule has 3 rings (SSSR count). The quantitative estimate of drug-likeness (QED) is 0.846. The van der Waals surface area contributed by atoms with Gasteiger partial charge in [0, 0.05) is 18.6 Å². The molecular formula is C16H19F2NO2. The smallest absolute Gasteiger partial charge is 0.223 e. The van der Waals surface area contributed by atoms with Crippen molar-refractivity contribution >= 4 is 5.91 Å². The van der Waals surface area contributed by atoms with Crippen molar-refractivity contribution in [2.45, 2.75) is 37.6 Å². The summed E-state index contributed by atoms with van der Waals surface area (Å²) in [5, 5.41) is 12.0. The molecule has 21 heavy (non-hydrogen) atoms. The fourth-order valence-electron chi connectivity index (χ4n) is 2.95. The molecule has 3 atom stereocenters. The number of carbonyl (C=O) groups is 1. The van der Waals surface area contributed by atoms with E-state index < -0.39 is 11.6 Å². The number of hydrogen-bond donors (Lipinski definition) is 2. The molecular weight excluding hydrogens is 276 g/mol. The maximum absolute atomic E-state index is 13.2. The molecule has 2 fully saturated rings. The molecule has 5 heteroatoms. The molecule has 1 amide bonds. The van der Waals surface area contributed by atoms with Crippen LogP contribution in [-0.2, 0) is 4.79 Å². The van der Waals surface area contributed by atoms with Crippen LogP contribution in [0.3, 0.4) is 0 Å². The van der Waals surface area contributed by atoms with Crippen LogP contribution in [0, 0.1) is 23.5 Å². The van der Waals surface area contributed by atoms with Crippen LogP contribution in [0.4, 0.5) is 8.78 Å². The Morgan fingerprint density at radius 2 is 2.10 bits per heavy atom. The average Bonchev–Trinajstić information content (AvgIpc) is 3.34. The Hall–Kier alpha value is -1.49. The second kappa shape index (κ2) is 5.72. The molecule has 2 aliphatic carbocycles. The Kier molecular flexibility index (Phi) is 3.93. The summed E-state index contributed by atoms with van der Waals surface area (Å²) in [7, 11) is 0. The van der Waals surface area contributed by atoms with Crippen molar-refractivity contribution in [2.75, 3.05) is 6.61 Å². The van der Waals surface area contributed by atoms with Gasteiger partial charge in [0.15, 0.2) is 11.6 Å². The first-order chi connectivity index (χ1) is 10.1. The monoisotopic (exact) mass is 295 g/mol. The fraction of sp³-hybridized carbons (Fsp3) is 0.562. The highest BCUT2D eigenvalue weighted by atomic mass is 19.2. The highest BCUT2D eigenvalue weighted by Crippen LogP contribution is 2.48. The van der Waals surface area contributed by atoms with E-state index in [1.165, 1.54) is 6.07 Å². The number of amides is 1. The van der Waals surface area contributed by atoms with Crippen molar-refractivity contribution in [3.05, 3.63) is 35.4 Å². The van der Waals surface area contributed by atoms with E-state index in [4.69, 9.17) is 5.11 Å². The second-order valence-electron chi connectivity index (χ2n) is 6.09. The molecule has 0 bridgehead atoms. The molecule has 0 saturated heterocycles. The number of aliphatic hydroxyl groups excluding tert-OH is 1. The van der Waals surface area contributed by atoms with Crippen LogP contribution in [0.5, 0.6) is 0 Å². The van der Waals surface area contributed by atoms with E-state index >= 15 is 0 Å². The summed E-state index contributed by atoms with van der Waals surface area (Å²) < 4.78 is 26.1. The molecule has 2 saturated carbocycles. The highest BCUT2D eigenvalue weighted by molar-refractivity contribution is 5.83. The highest BCUT2D eigenvalue weighted by Gasteiger charge is 2.45. The molecule has 1 aromatic carbocycles. The van der Waals surface area contributed by atoms with Gasteiger partial charge in [-0.3, -0.25) is 4.79 Å². The lowest BCUT2D eigenvalue weighted by atomic mass is 10.1. The van der Waals surface area contributed by atoms with Gasteiger partial charge in [0.2, 0.25) is 5.91 Å². The van der Waals surface area contributed by atoms with Crippen molar-refractivity contribution < 1.29 is 18.7 Å². The fourth-order valence-corrected chi connectivity index (χ4v) is 2.95. The molecule has 0 heterocycles. The number of benzene rings is 1. The van der Waals surface area contributed by atoms with E-state index in [0.29, 0.717) is 24.3 Å². The van der Waals surface area contributed by atoms with Crippen LogP contribution in [0.25, 0.3) is 0 Å². The third-order valence-electron chi connectivity index (χ3n) is 4.46. The summed E-state index contributed by atoms with van der Waals surface area (Å²) in [5.41, 5.74) is 0.680. The first-order valence-corrected chi connectivity index (χ1v) is 7.46. The Bertz CT molecular complexity index is 545. The van der Waals surface area contributed by atoms with Crippen molar-refractivity contribution in [2.24, 2.45) is 11.8 Å². The van der Waals surface area contributed by atoms with E-state index in [2.05, 4.69) is 5.32 Å². The third-order valence-corrected chi connectivity index (χ3v) is 4.46. The molecule has 3 nitrogen and oxygen atoms in total. The van der Waals surface area contributed by atoms with Gasteiger partial charge in [0.25, 0.3) is 0 Å². The van der Waals surface area contributed by atoms with Gasteiger partial charge in [-0.2, -0.15) is 0 Å². The molecule has 3 unspecified atom stereocenters. The zero-order valence-corrected chi connectivity index (χ0v) is 11.7. The van der Waals surface area contributed by atoms with E-state index in [-0.39, 0.29) is 30.4 Å². The van der Waals surface area contributed by atoms with Gasteiger partial charge in [-0.05, 0) is 55.2 Å². The summed E-state index contributed by atoms with van der Waals surface area (Å²) in [6, 6.07) is 3.88. The molecule has 114 valence electrons. The zero-order chi connectivity index (χ0) is 15.0. The predicted molar refractivity (Wildman–Crippen MR) is 73.6 cm³/mol. The van der Waals surface area contributed by atoms with E-state index in [1.54, 1.807) is 6.07 Å². The number of hydrogen-bond acceptors (Lipinski definition) is 2. The van der Waals surface area contributed by atoms with Gasteiger partial charge >= 0.3 is 0 Å². The summed E-state index contributed by atoms with van der Waals surface area (Å²) in [6.45, 7) is 0.0682. The summed E-state index contributed by atoms with van der Waals surface area (Å²) in [4.78, 5) is 12.2. The maximum Gasteiger partial charge on any atom is 0.223 e. The zero-order valence-electron chi connectivity index (χ0n) is 11.7. The molecule has 0 aliphatic heterocycles. The minimum Gasteiger partial charge on any atom is -0.396 e. The molecule has 0 aromatic heterocycles. The van der Waals surface area contributed by atoms with Crippen LogP contribution in [-0.4, -0.2) is 23.7 Å². The van der Waals surface area contributed by atoms with Crippen LogP contribution in [0.15, 0.2) is 18.2 Å². The Morgan fingerprint density at radius 1 is 1.33 bits per heavy atom. The third kappa shape index (κ3) is 3.23. The molecule has 0 spiro atoms. The van der Waals surface area contributed by atoms with Gasteiger partial charge in [-0.1, -0.05) is 6.07 Å². The molecule has 1 aromatic rings. The van der Waals surface area contributed by atoms with Crippen LogP contribution < -0.4 is 5.32 Å². The number of aliphatic hydroxyl groups is 1. The average molecular weight is 295 g/mol. The van der Waals surface area contributed by atoms with Crippen molar-refractivity contribution in [1.29, 1.82) is 0 Å². The van der Waals surface area contributed by atoms with E-state index in [9.17, 15) is 13.6 Å². The number of halogens is 2. The summed E-state index contributed by atoms with van der Waals surface area (Å²) in [6.07, 6.45) is 3.46. The van der Waals surface area contributed by atoms with E-state index in [1.807, 2.05) is 0 Å². The van der Waals surface area contributed by atoms with Crippen molar-refractivity contribution in [3.8, 4) is 0 Å². The summed E-state index contributed by atoms with van der Waals surface area (Å²) >= 11 is 0. The van der Waals surface area contributed by atoms with Gasteiger partial charge in [-0.25, -0.2) is 8.78 Å². The number of rotatable bonds is 6. The van der Waals surface area contributed by atoms with Crippen LogP contribution >= 0.6 is 0 Å². The molecule has 2 aliphatic rings. The normalized spacial score (nSPS) is 25.5. The van der Waals surface area contributed by atoms with Crippen molar-refractivity contribution in [1.82, 2.24) is 5.32 Å². The second-order valence-corrected chi connectivity index (χ2v) is 6.09. The van der Waals surface area contributed by atoms with Crippen LogP contribution in [0.1, 0.15) is 37.2 Å². The number of nitrogens with one attached hydrogen (secondary N) is 1. The first kappa shape index (κ1) is 14.4. The standard InChI is InChI=1S/C16H19F2NO2/c17-13-4-3-10(7-14(13)18)11-8-12(11)16(21)19-15(5-6-20)9-1-2-9/h3-4,7,9,11-12,15,20H,1-2,5-6,8H2,(H,19,21). The van der Waals surface area contributed by atoms with Gasteiger partial charge in [0.05, 0.1) is 0 Å². The lowest BCUT2D eigenvalue weighted by Crippen LogP contribution is -2.38. The Labute approximate surface area is 122 Å². The summed E-state index contributed by atoms with van der Waals surface area (Å²) in [5.74, 6) is -1.45. The SMILES string of the molecule is O=C(NC(CCO)C1CC1)C1CC1c1ccc(F)c(F)c1. The minimum absolute atomic E-state index is 0.0194. The maximum atomic E-state index is 13.2. The van der Waals surface area contributed by atoms with Gasteiger partial charge in [-0.15, -0.1) is 0 Å². The Balaban J connectivity index is 1.58. The largest absolute Gasteiger partial charge is 0.396 e. The van der Waals surface area contributed by atoms with Crippen molar-refractivity contribution in [3.63, 3.8) is 0 Å². The Morgan fingerprint density at radius 3 is 2.71 bits per heavy atom. The number of carbonyl (C=O) groups excluding carboxylic acids is 1. The predicted octanol–water partition coefficient (Wildman–Crippen LogP) is 2.35. The lowest BCUT2D eigenvalue weighted by Gasteiger charge is -2.17. The topological polar surface area (TPSA) is 49.3 Å². The first-order valence-electron chi connectivity index (χ1n) is 7.46. The van der Waals surface area contributed by atoms with Gasteiger partial charge < -0.3 is 10.4 Å². The molecule has 2 N–H and O–H groups in total. The van der Waals surface area contributed by atoms with Gasteiger partial charge in [0.1, 0.15) is 0 Å². The van der Waals surface area contributed by atoms with E-state index in [0.717, 1.165) is 18.9 Å². The molecule has 0 radical (unpaired) electrons. The minimum atomic E-state index is -0.866.